The normalized spacial score (nSPS) is 11.0. The molecule has 0 bridgehead atoms. The summed E-state index contributed by atoms with van der Waals surface area (Å²) in [6.45, 7) is 4.77. The molecule has 0 aliphatic heterocycles. The van der Waals surface area contributed by atoms with Crippen LogP contribution in [0.5, 0.6) is 0 Å². The number of nitrogens with zero attached hydrogens (tertiary/aromatic N) is 7. The Labute approximate surface area is 179 Å². The Bertz CT molecular complexity index is 1020. The summed E-state index contributed by atoms with van der Waals surface area (Å²) in [6.07, 6.45) is 5.32. The largest absolute Gasteiger partial charge is 0.376 e. The van der Waals surface area contributed by atoms with Gasteiger partial charge in [0.2, 0.25) is 5.13 Å². The predicted octanol–water partition coefficient (Wildman–Crippen LogP) is 4.35. The van der Waals surface area contributed by atoms with E-state index in [2.05, 4.69) is 50.1 Å². The summed E-state index contributed by atoms with van der Waals surface area (Å²) in [5.74, 6) is 0. The lowest BCUT2D eigenvalue weighted by molar-refractivity contribution is -0.694. The Balaban J connectivity index is 1.79. The molecule has 156 valence electrons. The number of thiazole rings is 1. The monoisotopic (exact) mass is 426 g/mol. The maximum Gasteiger partial charge on any atom is 0.345 e. The molecule has 0 aliphatic rings. The van der Waals surface area contributed by atoms with Crippen molar-refractivity contribution in [3.63, 3.8) is 0 Å². The highest BCUT2D eigenvalue weighted by Crippen LogP contribution is 2.34. The molecular weight excluding hydrogens is 402 g/mol. The number of pyridine rings is 1. The fraction of sp³-hybridized carbons (Fsp3) is 0.300. The van der Waals surface area contributed by atoms with Gasteiger partial charge in [0.05, 0.1) is 17.2 Å². The molecule has 0 fully saturated rings. The number of rotatable bonds is 9. The summed E-state index contributed by atoms with van der Waals surface area (Å²) in [4.78, 5) is 18.5. The highest BCUT2D eigenvalue weighted by molar-refractivity contribution is 7.18. The van der Waals surface area contributed by atoms with Crippen LogP contribution in [0.3, 0.4) is 0 Å². The van der Waals surface area contributed by atoms with Crippen molar-refractivity contribution in [1.29, 1.82) is 0 Å². The summed E-state index contributed by atoms with van der Waals surface area (Å²) in [6, 6.07) is 12.1. The topological polar surface area (TPSA) is 91.1 Å². The maximum absolute atomic E-state index is 10.8. The molecular formula is C20H24N7O2S+. The molecule has 0 atom stereocenters. The van der Waals surface area contributed by atoms with Gasteiger partial charge in [-0.3, -0.25) is 10.1 Å². The van der Waals surface area contributed by atoms with E-state index in [4.69, 9.17) is 0 Å². The smallest absolute Gasteiger partial charge is 0.345 e. The van der Waals surface area contributed by atoms with Crippen LogP contribution in [-0.4, -0.2) is 37.1 Å². The van der Waals surface area contributed by atoms with Crippen LogP contribution in [0.15, 0.2) is 65.2 Å². The van der Waals surface area contributed by atoms with Crippen molar-refractivity contribution in [1.82, 2.24) is 4.98 Å². The minimum Gasteiger partial charge on any atom is -0.376 e. The Morgan fingerprint density at radius 3 is 2.60 bits per heavy atom. The van der Waals surface area contributed by atoms with Crippen LogP contribution in [-0.2, 0) is 6.54 Å². The predicted molar refractivity (Wildman–Crippen MR) is 118 cm³/mol. The van der Waals surface area contributed by atoms with Gasteiger partial charge in [-0.2, -0.15) is 0 Å². The zero-order chi connectivity index (χ0) is 21.5. The Morgan fingerprint density at radius 2 is 1.97 bits per heavy atom. The van der Waals surface area contributed by atoms with Crippen molar-refractivity contribution < 1.29 is 9.49 Å². The Kier molecular flexibility index (Phi) is 7.02. The number of hydrogen-bond donors (Lipinski definition) is 0. The average Bonchev–Trinajstić information content (AvgIpc) is 3.23. The minimum atomic E-state index is -0.482. The van der Waals surface area contributed by atoms with Gasteiger partial charge in [-0.05, 0) is 36.5 Å². The van der Waals surface area contributed by atoms with Crippen LogP contribution in [0.4, 0.5) is 27.2 Å². The van der Waals surface area contributed by atoms with Gasteiger partial charge < -0.3 is 9.80 Å². The van der Waals surface area contributed by atoms with Crippen LogP contribution in [0.25, 0.3) is 0 Å². The molecule has 0 spiro atoms. The van der Waals surface area contributed by atoms with Crippen molar-refractivity contribution in [3.05, 3.63) is 65.1 Å². The lowest BCUT2D eigenvalue weighted by Crippen LogP contribution is -2.40. The summed E-state index contributed by atoms with van der Waals surface area (Å²) in [5.41, 5.74) is 2.68. The SMILES string of the molecule is CCN(CC[n+]1ccccc1)c1ccc(/N=N/c2ncc([N+](=O)[O-])s2)c(N(C)C)c1. The number of aromatic nitrogens is 2. The lowest BCUT2D eigenvalue weighted by Gasteiger charge is -2.24. The summed E-state index contributed by atoms with van der Waals surface area (Å²) in [5, 5.41) is 19.4. The number of anilines is 2. The molecule has 9 nitrogen and oxygen atoms in total. The molecule has 0 saturated heterocycles. The van der Waals surface area contributed by atoms with Gasteiger partial charge in [-0.25, -0.2) is 9.55 Å². The minimum absolute atomic E-state index is 0.0537. The molecule has 30 heavy (non-hydrogen) atoms. The first kappa shape index (κ1) is 21.3. The van der Waals surface area contributed by atoms with Crippen LogP contribution in [0, 0.1) is 10.1 Å². The van der Waals surface area contributed by atoms with E-state index in [0.717, 1.165) is 42.3 Å². The maximum atomic E-state index is 10.8. The molecule has 3 aromatic rings. The van der Waals surface area contributed by atoms with Crippen molar-refractivity contribution in [3.8, 4) is 0 Å². The number of nitro groups is 1. The second-order valence-corrected chi connectivity index (χ2v) is 7.69. The number of azo groups is 1. The summed E-state index contributed by atoms with van der Waals surface area (Å²) < 4.78 is 2.16. The van der Waals surface area contributed by atoms with E-state index in [9.17, 15) is 10.1 Å². The van der Waals surface area contributed by atoms with Crippen molar-refractivity contribution in [2.45, 2.75) is 13.5 Å². The highest BCUT2D eigenvalue weighted by atomic mass is 32.1. The number of likely N-dealkylation sites (N-methyl/N-ethyl adjacent to an activating group) is 1. The third-order valence-electron chi connectivity index (χ3n) is 4.50. The zero-order valence-corrected chi connectivity index (χ0v) is 18.0. The quantitative estimate of drug-likeness (QED) is 0.220. The first-order chi connectivity index (χ1) is 14.5. The number of hydrogen-bond acceptors (Lipinski definition) is 8. The van der Waals surface area contributed by atoms with Gasteiger partial charge in [0, 0.05) is 38.5 Å². The van der Waals surface area contributed by atoms with Gasteiger partial charge in [0.15, 0.2) is 18.9 Å². The summed E-state index contributed by atoms with van der Waals surface area (Å²) in [7, 11) is 3.89. The van der Waals surface area contributed by atoms with Gasteiger partial charge >= 0.3 is 5.00 Å². The van der Waals surface area contributed by atoms with Gasteiger partial charge in [-0.15, -0.1) is 10.2 Å². The first-order valence-corrected chi connectivity index (χ1v) is 10.3. The van der Waals surface area contributed by atoms with Gasteiger partial charge in [-0.1, -0.05) is 6.07 Å². The van der Waals surface area contributed by atoms with E-state index in [1.165, 1.54) is 6.20 Å². The molecule has 2 aromatic heterocycles. The van der Waals surface area contributed by atoms with E-state index in [-0.39, 0.29) is 10.1 Å². The average molecular weight is 427 g/mol. The van der Waals surface area contributed by atoms with E-state index >= 15 is 0 Å². The molecule has 2 heterocycles. The van der Waals surface area contributed by atoms with Crippen molar-refractivity contribution in [2.75, 3.05) is 37.0 Å². The molecule has 1 aromatic carbocycles. The fourth-order valence-corrected chi connectivity index (χ4v) is 3.48. The van der Waals surface area contributed by atoms with Crippen molar-refractivity contribution in [2.24, 2.45) is 10.2 Å². The lowest BCUT2D eigenvalue weighted by atomic mass is 10.2. The Hall–Kier alpha value is -3.40. The second kappa shape index (κ2) is 9.88. The molecule has 0 aliphatic carbocycles. The fourth-order valence-electron chi connectivity index (χ4n) is 2.92. The molecule has 3 rings (SSSR count). The number of benzene rings is 1. The van der Waals surface area contributed by atoms with Crippen LogP contribution in [0.1, 0.15) is 6.92 Å². The van der Waals surface area contributed by atoms with E-state index in [1.54, 1.807) is 0 Å². The second-order valence-electron chi connectivity index (χ2n) is 6.70. The third kappa shape index (κ3) is 5.35. The molecule has 0 saturated carbocycles. The van der Waals surface area contributed by atoms with E-state index in [1.807, 2.05) is 49.3 Å². The zero-order valence-electron chi connectivity index (χ0n) is 17.2. The molecule has 0 radical (unpaired) electrons. The standard InChI is InChI=1S/C20H24N7O2S/c1-4-26(13-12-25-10-6-5-7-11-25)16-8-9-17(18(14-16)24(2)3)22-23-20-21-15-19(30-20)27(28)29/h5-11,14-15H,4,12-13H2,1-3H3/q+1/b23-22+. The molecule has 0 N–H and O–H groups in total. The highest BCUT2D eigenvalue weighted by Gasteiger charge is 2.13. The molecule has 10 heteroatoms. The van der Waals surface area contributed by atoms with Gasteiger partial charge in [0.25, 0.3) is 0 Å². The first-order valence-electron chi connectivity index (χ1n) is 9.50. The third-order valence-corrected chi connectivity index (χ3v) is 5.33. The van der Waals surface area contributed by atoms with Crippen LogP contribution < -0.4 is 14.4 Å². The van der Waals surface area contributed by atoms with Crippen LogP contribution >= 0.6 is 11.3 Å². The molecule has 0 amide bonds. The van der Waals surface area contributed by atoms with E-state index < -0.39 is 4.92 Å². The van der Waals surface area contributed by atoms with Crippen molar-refractivity contribution >= 4 is 38.5 Å². The van der Waals surface area contributed by atoms with E-state index in [0.29, 0.717) is 5.69 Å². The summed E-state index contributed by atoms with van der Waals surface area (Å²) >= 11 is 0.896. The van der Waals surface area contributed by atoms with Crippen LogP contribution in [0.2, 0.25) is 0 Å². The van der Waals surface area contributed by atoms with Gasteiger partial charge in [0.1, 0.15) is 11.9 Å². The molecule has 0 unspecified atom stereocenters. The Morgan fingerprint density at radius 1 is 1.20 bits per heavy atom.